The summed E-state index contributed by atoms with van der Waals surface area (Å²) in [6.07, 6.45) is 0. The van der Waals surface area contributed by atoms with Gasteiger partial charge < -0.3 is 9.52 Å². The van der Waals surface area contributed by atoms with Crippen LogP contribution < -0.4 is 4.72 Å². The molecule has 134 valence electrons. The van der Waals surface area contributed by atoms with Crippen LogP contribution in [0.25, 0.3) is 11.3 Å². The second-order valence-corrected chi connectivity index (χ2v) is 7.31. The van der Waals surface area contributed by atoms with Crippen LogP contribution in [0.1, 0.15) is 10.6 Å². The van der Waals surface area contributed by atoms with Crippen molar-refractivity contribution in [3.05, 3.63) is 71.2 Å². The van der Waals surface area contributed by atoms with Crippen molar-refractivity contribution in [2.45, 2.75) is 4.90 Å². The van der Waals surface area contributed by atoms with Crippen LogP contribution >= 0.6 is 11.6 Å². The molecule has 0 atom stereocenters. The van der Waals surface area contributed by atoms with E-state index < -0.39 is 21.8 Å². The van der Waals surface area contributed by atoms with Crippen molar-refractivity contribution >= 4 is 33.3 Å². The van der Waals surface area contributed by atoms with Crippen LogP contribution in [-0.4, -0.2) is 19.5 Å². The molecule has 1 aromatic heterocycles. The van der Waals surface area contributed by atoms with Crippen molar-refractivity contribution in [1.82, 2.24) is 0 Å². The van der Waals surface area contributed by atoms with Gasteiger partial charge in [-0.1, -0.05) is 11.6 Å². The van der Waals surface area contributed by atoms with E-state index in [9.17, 15) is 17.6 Å². The Morgan fingerprint density at radius 2 is 1.77 bits per heavy atom. The smallest absolute Gasteiger partial charge is 0.371 e. The van der Waals surface area contributed by atoms with Crippen LogP contribution in [-0.2, 0) is 10.0 Å². The standard InChI is InChI=1S/C17H11ClFNO5S/c18-13-6-1-10(15-7-8-16(25-15)17(21)22)9-14(13)20-26(23,24)12-4-2-11(19)3-5-12/h1-9,20H,(H,21,22). The second-order valence-electron chi connectivity index (χ2n) is 5.22. The van der Waals surface area contributed by atoms with Crippen molar-refractivity contribution in [3.63, 3.8) is 0 Å². The Bertz CT molecular complexity index is 1080. The lowest BCUT2D eigenvalue weighted by Crippen LogP contribution is -2.13. The van der Waals surface area contributed by atoms with E-state index in [0.29, 0.717) is 5.56 Å². The molecule has 0 amide bonds. The van der Waals surface area contributed by atoms with Crippen molar-refractivity contribution < 1.29 is 27.1 Å². The van der Waals surface area contributed by atoms with Gasteiger partial charge in [-0.3, -0.25) is 4.72 Å². The third-order valence-electron chi connectivity index (χ3n) is 3.44. The SMILES string of the molecule is O=C(O)c1ccc(-c2ccc(Cl)c(NS(=O)(=O)c3ccc(F)cc3)c2)o1. The Hall–Kier alpha value is -2.84. The van der Waals surface area contributed by atoms with Crippen LogP contribution in [0.15, 0.2) is 63.9 Å². The average Bonchev–Trinajstić information content (AvgIpc) is 3.07. The maximum Gasteiger partial charge on any atom is 0.371 e. The first-order valence-corrected chi connectivity index (χ1v) is 9.04. The number of carbonyl (C=O) groups is 1. The molecule has 3 aromatic rings. The maximum absolute atomic E-state index is 13.0. The average molecular weight is 396 g/mol. The summed E-state index contributed by atoms with van der Waals surface area (Å²) in [4.78, 5) is 10.8. The van der Waals surface area contributed by atoms with Gasteiger partial charge in [-0.15, -0.1) is 0 Å². The van der Waals surface area contributed by atoms with Gasteiger partial charge >= 0.3 is 5.97 Å². The van der Waals surface area contributed by atoms with Crippen LogP contribution in [0.5, 0.6) is 0 Å². The summed E-state index contributed by atoms with van der Waals surface area (Å²) in [7, 11) is -3.99. The highest BCUT2D eigenvalue weighted by molar-refractivity contribution is 7.92. The Morgan fingerprint density at radius 1 is 1.08 bits per heavy atom. The number of hydrogen-bond donors (Lipinski definition) is 2. The molecule has 6 nitrogen and oxygen atoms in total. The Labute approximate surface area is 152 Å². The fourth-order valence-electron chi connectivity index (χ4n) is 2.18. The Kier molecular flexibility index (Phi) is 4.71. The fourth-order valence-corrected chi connectivity index (χ4v) is 3.47. The lowest BCUT2D eigenvalue weighted by atomic mass is 10.1. The van der Waals surface area contributed by atoms with Crippen molar-refractivity contribution in [3.8, 4) is 11.3 Å². The molecule has 3 rings (SSSR count). The van der Waals surface area contributed by atoms with Gasteiger partial charge in [0.2, 0.25) is 5.76 Å². The highest BCUT2D eigenvalue weighted by Crippen LogP contribution is 2.31. The molecule has 0 aliphatic heterocycles. The van der Waals surface area contributed by atoms with Crippen LogP contribution in [0, 0.1) is 5.82 Å². The third-order valence-corrected chi connectivity index (χ3v) is 5.15. The first kappa shape index (κ1) is 18.0. The van der Waals surface area contributed by atoms with Crippen LogP contribution in [0.2, 0.25) is 5.02 Å². The van der Waals surface area contributed by atoms with Gasteiger partial charge in [0.05, 0.1) is 15.6 Å². The highest BCUT2D eigenvalue weighted by atomic mass is 35.5. The lowest BCUT2D eigenvalue weighted by molar-refractivity contribution is 0.0663. The van der Waals surface area contributed by atoms with Crippen LogP contribution in [0.4, 0.5) is 10.1 Å². The first-order valence-electron chi connectivity index (χ1n) is 7.18. The van der Waals surface area contributed by atoms with Crippen LogP contribution in [0.3, 0.4) is 0 Å². The number of furan rings is 1. The number of anilines is 1. The largest absolute Gasteiger partial charge is 0.475 e. The molecule has 0 fully saturated rings. The molecule has 0 saturated heterocycles. The zero-order valence-corrected chi connectivity index (χ0v) is 14.5. The number of hydrogen-bond acceptors (Lipinski definition) is 4. The topological polar surface area (TPSA) is 96.6 Å². The molecule has 2 aromatic carbocycles. The summed E-state index contributed by atoms with van der Waals surface area (Å²) < 4.78 is 45.3. The number of benzene rings is 2. The van der Waals surface area contributed by atoms with E-state index in [1.165, 1.54) is 24.3 Å². The van der Waals surface area contributed by atoms with E-state index in [-0.39, 0.29) is 27.1 Å². The molecule has 0 aliphatic rings. The molecular weight excluding hydrogens is 385 g/mol. The van der Waals surface area contributed by atoms with E-state index in [0.717, 1.165) is 24.3 Å². The number of carboxylic acids is 1. The normalized spacial score (nSPS) is 11.3. The molecule has 0 spiro atoms. The predicted octanol–water partition coefficient (Wildman–Crippen LogP) is 4.24. The van der Waals surface area contributed by atoms with E-state index in [1.54, 1.807) is 6.07 Å². The van der Waals surface area contributed by atoms with Gasteiger partial charge in [0, 0.05) is 5.56 Å². The van der Waals surface area contributed by atoms with Gasteiger partial charge in [0.1, 0.15) is 11.6 Å². The summed E-state index contributed by atoms with van der Waals surface area (Å²) in [5.41, 5.74) is 0.500. The molecule has 26 heavy (non-hydrogen) atoms. The van der Waals surface area contributed by atoms with Gasteiger partial charge in [0.25, 0.3) is 10.0 Å². The molecule has 0 radical (unpaired) electrons. The summed E-state index contributed by atoms with van der Waals surface area (Å²) in [5, 5.41) is 9.04. The van der Waals surface area contributed by atoms with Crippen molar-refractivity contribution in [2.24, 2.45) is 0 Å². The number of rotatable bonds is 5. The Balaban J connectivity index is 1.95. The van der Waals surface area contributed by atoms with E-state index in [4.69, 9.17) is 21.1 Å². The number of halogens is 2. The molecule has 1 heterocycles. The van der Waals surface area contributed by atoms with Gasteiger partial charge in [-0.25, -0.2) is 17.6 Å². The molecule has 0 unspecified atom stereocenters. The minimum atomic E-state index is -3.99. The van der Waals surface area contributed by atoms with E-state index in [2.05, 4.69) is 4.72 Å². The minimum Gasteiger partial charge on any atom is -0.475 e. The van der Waals surface area contributed by atoms with E-state index >= 15 is 0 Å². The molecule has 0 saturated carbocycles. The highest BCUT2D eigenvalue weighted by Gasteiger charge is 2.17. The second kappa shape index (κ2) is 6.81. The van der Waals surface area contributed by atoms with Gasteiger partial charge in [0.15, 0.2) is 0 Å². The number of aromatic carboxylic acids is 1. The number of sulfonamides is 1. The predicted molar refractivity (Wildman–Crippen MR) is 93.3 cm³/mol. The molecule has 0 bridgehead atoms. The summed E-state index contributed by atoms with van der Waals surface area (Å²) >= 11 is 6.05. The molecule has 9 heteroatoms. The lowest BCUT2D eigenvalue weighted by Gasteiger charge is -2.11. The minimum absolute atomic E-state index is 0.0711. The van der Waals surface area contributed by atoms with Crippen molar-refractivity contribution in [2.75, 3.05) is 4.72 Å². The fraction of sp³-hybridized carbons (Fsp3) is 0. The number of carboxylic acid groups (broad SMARTS) is 1. The third kappa shape index (κ3) is 3.71. The van der Waals surface area contributed by atoms with Gasteiger partial charge in [-0.2, -0.15) is 0 Å². The summed E-state index contributed by atoms with van der Waals surface area (Å²) in [5.74, 6) is -1.79. The summed E-state index contributed by atoms with van der Waals surface area (Å²) in [6, 6.07) is 11.5. The van der Waals surface area contributed by atoms with Gasteiger partial charge in [-0.05, 0) is 54.6 Å². The molecular formula is C17H11ClFNO5S. The molecule has 0 aliphatic carbocycles. The number of nitrogens with one attached hydrogen (secondary N) is 1. The zero-order valence-electron chi connectivity index (χ0n) is 12.9. The Morgan fingerprint density at radius 3 is 2.38 bits per heavy atom. The quantitative estimate of drug-likeness (QED) is 0.673. The first-order chi connectivity index (χ1) is 12.3. The molecule has 2 N–H and O–H groups in total. The maximum atomic E-state index is 13.0. The van der Waals surface area contributed by atoms with Crippen molar-refractivity contribution in [1.29, 1.82) is 0 Å². The van der Waals surface area contributed by atoms with E-state index in [1.807, 2.05) is 0 Å². The zero-order chi connectivity index (χ0) is 18.9. The summed E-state index contributed by atoms with van der Waals surface area (Å²) in [6.45, 7) is 0. The monoisotopic (exact) mass is 395 g/mol.